The molecule has 2 aliphatic rings. The second-order valence-corrected chi connectivity index (χ2v) is 8.87. The van der Waals surface area contributed by atoms with Gasteiger partial charge in [-0.3, -0.25) is 19.1 Å². The molecule has 0 bridgehead atoms. The number of rotatable bonds is 5. The molecule has 3 aromatic rings. The van der Waals surface area contributed by atoms with Gasteiger partial charge < -0.3 is 9.73 Å². The number of fused-ring (bicyclic) bond motifs is 2. The van der Waals surface area contributed by atoms with Gasteiger partial charge in [0.15, 0.2) is 0 Å². The zero-order valence-electron chi connectivity index (χ0n) is 18.4. The van der Waals surface area contributed by atoms with E-state index in [9.17, 15) is 9.59 Å². The van der Waals surface area contributed by atoms with Crippen LogP contribution in [0.2, 0.25) is 0 Å². The Kier molecular flexibility index (Phi) is 6.08. The Labute approximate surface area is 187 Å². The summed E-state index contributed by atoms with van der Waals surface area (Å²) >= 11 is 0. The lowest BCUT2D eigenvalue weighted by atomic mass is 10.1. The third-order valence-electron chi connectivity index (χ3n) is 6.74. The lowest BCUT2D eigenvalue weighted by Gasteiger charge is -2.26. The summed E-state index contributed by atoms with van der Waals surface area (Å²) < 4.78 is 7.47. The first-order chi connectivity index (χ1) is 15.7. The highest BCUT2D eigenvalue weighted by Crippen LogP contribution is 2.25. The fraction of sp³-hybridized carbons (Fsp3) is 0.480. The third-order valence-corrected chi connectivity index (χ3v) is 6.74. The first-order valence-corrected chi connectivity index (χ1v) is 11.8. The number of nitrogens with zero attached hydrogens (tertiary/aromatic N) is 3. The van der Waals surface area contributed by atoms with Crippen LogP contribution < -0.4 is 10.9 Å². The maximum atomic E-state index is 13.0. The summed E-state index contributed by atoms with van der Waals surface area (Å²) in [6.45, 7) is 3.22. The van der Waals surface area contributed by atoms with Gasteiger partial charge in [-0.05, 0) is 69.1 Å². The SMILES string of the molecule is O=C(NCC(c1ccco1)N1CCCC1)c1ccc2c(=O)n3c(nc2c1)CCCCCC3. The molecule has 5 rings (SSSR count). The average molecular weight is 435 g/mol. The van der Waals surface area contributed by atoms with Gasteiger partial charge in [0.2, 0.25) is 0 Å². The van der Waals surface area contributed by atoms with Crippen molar-refractivity contribution in [1.82, 2.24) is 19.8 Å². The minimum atomic E-state index is -0.156. The first-order valence-electron chi connectivity index (χ1n) is 11.8. The van der Waals surface area contributed by atoms with Gasteiger partial charge in [-0.1, -0.05) is 12.8 Å². The lowest BCUT2D eigenvalue weighted by molar-refractivity contribution is 0.0934. The molecule has 1 N–H and O–H groups in total. The summed E-state index contributed by atoms with van der Waals surface area (Å²) in [7, 11) is 0. The van der Waals surface area contributed by atoms with Gasteiger partial charge in [-0.15, -0.1) is 0 Å². The van der Waals surface area contributed by atoms with E-state index in [1.165, 1.54) is 19.3 Å². The van der Waals surface area contributed by atoms with Gasteiger partial charge in [0, 0.05) is 25.1 Å². The Bertz CT molecular complexity index is 1150. The number of hydrogen-bond donors (Lipinski definition) is 1. The average Bonchev–Trinajstić information content (AvgIpc) is 3.50. The molecule has 7 nitrogen and oxygen atoms in total. The molecule has 1 unspecified atom stereocenters. The fourth-order valence-corrected chi connectivity index (χ4v) is 4.97. The van der Waals surface area contributed by atoms with E-state index in [0.29, 0.717) is 23.0 Å². The molecule has 7 heteroatoms. The molecule has 1 atom stereocenters. The van der Waals surface area contributed by atoms with Crippen molar-refractivity contribution in [3.05, 3.63) is 64.1 Å². The van der Waals surface area contributed by atoms with Crippen molar-refractivity contribution in [3.63, 3.8) is 0 Å². The Hall–Kier alpha value is -2.93. The number of amides is 1. The highest BCUT2D eigenvalue weighted by atomic mass is 16.3. The van der Waals surface area contributed by atoms with Crippen molar-refractivity contribution in [3.8, 4) is 0 Å². The summed E-state index contributed by atoms with van der Waals surface area (Å²) in [6, 6.07) is 9.11. The minimum absolute atomic E-state index is 0.00535. The van der Waals surface area contributed by atoms with Crippen LogP contribution in [0.4, 0.5) is 0 Å². The maximum absolute atomic E-state index is 13.0. The molecule has 0 spiro atoms. The standard InChI is InChI=1S/C25H30N4O3/c30-24(26-17-21(22-8-7-15-32-22)28-12-5-6-13-28)18-10-11-19-20(16-18)27-23-9-3-1-2-4-14-29(23)25(19)31/h7-8,10-11,15-16,21H,1-6,9,12-14,17H2,(H,26,30). The smallest absolute Gasteiger partial charge is 0.261 e. The highest BCUT2D eigenvalue weighted by molar-refractivity contribution is 5.97. The number of carbonyl (C=O) groups is 1. The Balaban J connectivity index is 1.37. The second-order valence-electron chi connectivity index (χ2n) is 8.87. The van der Waals surface area contributed by atoms with Crippen LogP contribution in [0.1, 0.15) is 66.5 Å². The fourth-order valence-electron chi connectivity index (χ4n) is 4.97. The zero-order valence-corrected chi connectivity index (χ0v) is 18.4. The maximum Gasteiger partial charge on any atom is 0.261 e. The molecular formula is C25H30N4O3. The van der Waals surface area contributed by atoms with E-state index in [2.05, 4.69) is 10.2 Å². The quantitative estimate of drug-likeness (QED) is 0.663. The molecule has 168 valence electrons. The number of nitrogens with one attached hydrogen (secondary N) is 1. The van der Waals surface area contributed by atoms with Crippen molar-refractivity contribution in [2.24, 2.45) is 0 Å². The number of furan rings is 1. The van der Waals surface area contributed by atoms with Crippen molar-refractivity contribution >= 4 is 16.8 Å². The zero-order chi connectivity index (χ0) is 21.9. The molecule has 0 radical (unpaired) electrons. The predicted molar refractivity (Wildman–Crippen MR) is 123 cm³/mol. The summed E-state index contributed by atoms with van der Waals surface area (Å²) in [6.07, 6.45) is 9.20. The van der Waals surface area contributed by atoms with Gasteiger partial charge in [-0.2, -0.15) is 0 Å². The van der Waals surface area contributed by atoms with E-state index in [4.69, 9.17) is 9.40 Å². The monoisotopic (exact) mass is 434 g/mol. The molecule has 1 aromatic carbocycles. The van der Waals surface area contributed by atoms with Gasteiger partial charge >= 0.3 is 0 Å². The van der Waals surface area contributed by atoms with Crippen molar-refractivity contribution in [2.45, 2.75) is 57.5 Å². The van der Waals surface area contributed by atoms with Crippen LogP contribution in [0, 0.1) is 0 Å². The summed E-state index contributed by atoms with van der Waals surface area (Å²) in [5.41, 5.74) is 1.14. The van der Waals surface area contributed by atoms with Crippen molar-refractivity contribution < 1.29 is 9.21 Å². The number of benzene rings is 1. The summed E-state index contributed by atoms with van der Waals surface area (Å²) in [5, 5.41) is 3.65. The minimum Gasteiger partial charge on any atom is -0.468 e. The summed E-state index contributed by atoms with van der Waals surface area (Å²) in [5.74, 6) is 1.56. The molecule has 32 heavy (non-hydrogen) atoms. The number of hydrogen-bond acceptors (Lipinski definition) is 5. The van der Waals surface area contributed by atoms with Gasteiger partial charge in [0.25, 0.3) is 11.5 Å². The van der Waals surface area contributed by atoms with Crippen LogP contribution in [0.3, 0.4) is 0 Å². The van der Waals surface area contributed by atoms with Gasteiger partial charge in [0.05, 0.1) is 23.2 Å². The molecule has 2 aliphatic heterocycles. The summed E-state index contributed by atoms with van der Waals surface area (Å²) in [4.78, 5) is 33.1. The predicted octanol–water partition coefficient (Wildman–Crippen LogP) is 3.67. The van der Waals surface area contributed by atoms with E-state index in [-0.39, 0.29) is 17.5 Å². The van der Waals surface area contributed by atoms with Crippen LogP contribution in [-0.4, -0.2) is 40.0 Å². The molecular weight excluding hydrogens is 404 g/mol. The van der Waals surface area contributed by atoms with E-state index >= 15 is 0 Å². The molecule has 0 aliphatic carbocycles. The number of aromatic nitrogens is 2. The van der Waals surface area contributed by atoms with Crippen LogP contribution in [0.15, 0.2) is 45.8 Å². The van der Waals surface area contributed by atoms with E-state index in [1.807, 2.05) is 16.7 Å². The third kappa shape index (κ3) is 4.21. The largest absolute Gasteiger partial charge is 0.468 e. The number of carbonyl (C=O) groups excluding carboxylic acids is 1. The van der Waals surface area contributed by atoms with Crippen LogP contribution >= 0.6 is 0 Å². The second kappa shape index (κ2) is 9.28. The van der Waals surface area contributed by atoms with Crippen LogP contribution in [-0.2, 0) is 13.0 Å². The van der Waals surface area contributed by atoms with Crippen LogP contribution in [0.5, 0.6) is 0 Å². The molecule has 1 fully saturated rings. The van der Waals surface area contributed by atoms with Crippen molar-refractivity contribution in [1.29, 1.82) is 0 Å². The molecule has 4 heterocycles. The molecule has 1 saturated heterocycles. The van der Waals surface area contributed by atoms with Gasteiger partial charge in [-0.25, -0.2) is 4.98 Å². The Morgan fingerprint density at radius 3 is 2.69 bits per heavy atom. The van der Waals surface area contributed by atoms with E-state index < -0.39 is 0 Å². The Morgan fingerprint density at radius 2 is 1.88 bits per heavy atom. The Morgan fingerprint density at radius 1 is 1.06 bits per heavy atom. The topological polar surface area (TPSA) is 80.4 Å². The first kappa shape index (κ1) is 20.9. The molecule has 2 aromatic heterocycles. The van der Waals surface area contributed by atoms with E-state index in [1.54, 1.807) is 24.5 Å². The van der Waals surface area contributed by atoms with E-state index in [0.717, 1.165) is 56.9 Å². The number of likely N-dealkylation sites (tertiary alicyclic amines) is 1. The molecule has 0 saturated carbocycles. The number of aryl methyl sites for hydroxylation is 1. The lowest BCUT2D eigenvalue weighted by Crippen LogP contribution is -2.36. The normalized spacial score (nSPS) is 18.1. The van der Waals surface area contributed by atoms with Gasteiger partial charge in [0.1, 0.15) is 11.6 Å². The molecule has 1 amide bonds. The highest BCUT2D eigenvalue weighted by Gasteiger charge is 2.26. The van der Waals surface area contributed by atoms with Crippen LogP contribution in [0.25, 0.3) is 10.9 Å². The van der Waals surface area contributed by atoms with Crippen molar-refractivity contribution in [2.75, 3.05) is 19.6 Å².